The van der Waals surface area contributed by atoms with Gasteiger partial charge in [-0.2, -0.15) is 0 Å². The molecule has 0 fully saturated rings. The highest BCUT2D eigenvalue weighted by atomic mass is 32.1. The third-order valence-corrected chi connectivity index (χ3v) is 5.78. The SMILES string of the molecule is O=C(CC(c1cccs1)N1Cc2ccccc2C1=O)NCc1ccccc1. The van der Waals surface area contributed by atoms with Crippen molar-refractivity contribution >= 4 is 23.2 Å². The van der Waals surface area contributed by atoms with Gasteiger partial charge in [-0.1, -0.05) is 54.6 Å². The predicted octanol–water partition coefficient (Wildman–Crippen LogP) is 4.15. The fourth-order valence-corrected chi connectivity index (χ4v) is 4.26. The van der Waals surface area contributed by atoms with Crippen LogP contribution in [0.5, 0.6) is 0 Å². The predicted molar refractivity (Wildman–Crippen MR) is 106 cm³/mol. The molecule has 4 rings (SSSR count). The number of carbonyl (C=O) groups excluding carboxylic acids is 2. The minimum absolute atomic E-state index is 0.000130. The van der Waals surface area contributed by atoms with Crippen LogP contribution in [-0.2, 0) is 17.9 Å². The van der Waals surface area contributed by atoms with Crippen LogP contribution in [0.3, 0.4) is 0 Å². The van der Waals surface area contributed by atoms with Crippen molar-refractivity contribution < 1.29 is 9.59 Å². The normalized spacial score (nSPS) is 14.1. The molecule has 4 nitrogen and oxygen atoms in total. The smallest absolute Gasteiger partial charge is 0.255 e. The number of benzene rings is 2. The largest absolute Gasteiger partial charge is 0.352 e. The zero-order valence-corrected chi connectivity index (χ0v) is 15.6. The third-order valence-electron chi connectivity index (χ3n) is 4.81. The molecule has 0 saturated carbocycles. The summed E-state index contributed by atoms with van der Waals surface area (Å²) in [6, 6.07) is 21.2. The quantitative estimate of drug-likeness (QED) is 0.702. The van der Waals surface area contributed by atoms with E-state index in [9.17, 15) is 9.59 Å². The Labute approximate surface area is 162 Å². The molecule has 1 aromatic heterocycles. The molecule has 3 aromatic rings. The van der Waals surface area contributed by atoms with Crippen LogP contribution < -0.4 is 5.32 Å². The number of rotatable bonds is 6. The molecule has 0 saturated heterocycles. The molecule has 2 amide bonds. The van der Waals surface area contributed by atoms with Gasteiger partial charge < -0.3 is 10.2 Å². The lowest BCUT2D eigenvalue weighted by Crippen LogP contribution is -2.33. The van der Waals surface area contributed by atoms with E-state index in [1.165, 1.54) is 0 Å². The molecule has 0 bridgehead atoms. The van der Waals surface area contributed by atoms with Gasteiger partial charge in [0.1, 0.15) is 0 Å². The van der Waals surface area contributed by atoms with Crippen molar-refractivity contribution in [3.63, 3.8) is 0 Å². The first kappa shape index (κ1) is 17.5. The molecule has 5 heteroatoms. The molecule has 0 aliphatic carbocycles. The summed E-state index contributed by atoms with van der Waals surface area (Å²) < 4.78 is 0. The minimum atomic E-state index is -0.249. The molecule has 136 valence electrons. The monoisotopic (exact) mass is 376 g/mol. The van der Waals surface area contributed by atoms with E-state index in [4.69, 9.17) is 0 Å². The highest BCUT2D eigenvalue weighted by Crippen LogP contribution is 2.35. The minimum Gasteiger partial charge on any atom is -0.352 e. The molecule has 2 aromatic carbocycles. The van der Waals surface area contributed by atoms with E-state index in [-0.39, 0.29) is 24.3 Å². The summed E-state index contributed by atoms with van der Waals surface area (Å²) in [5.74, 6) is -0.0548. The van der Waals surface area contributed by atoms with Gasteiger partial charge in [0.05, 0.1) is 12.5 Å². The van der Waals surface area contributed by atoms with Gasteiger partial charge in [-0.05, 0) is 28.6 Å². The molecule has 0 radical (unpaired) electrons. The Balaban J connectivity index is 1.49. The zero-order valence-electron chi connectivity index (χ0n) is 14.8. The number of nitrogens with zero attached hydrogens (tertiary/aromatic N) is 1. The number of hydrogen-bond donors (Lipinski definition) is 1. The third kappa shape index (κ3) is 3.78. The molecule has 1 aliphatic rings. The second-order valence-electron chi connectivity index (χ2n) is 6.59. The average molecular weight is 376 g/mol. The van der Waals surface area contributed by atoms with Crippen molar-refractivity contribution in [3.05, 3.63) is 93.7 Å². The fourth-order valence-electron chi connectivity index (χ4n) is 3.42. The molecule has 1 unspecified atom stereocenters. The Morgan fingerprint density at radius 1 is 1.04 bits per heavy atom. The average Bonchev–Trinajstić information content (AvgIpc) is 3.34. The summed E-state index contributed by atoms with van der Waals surface area (Å²) >= 11 is 1.58. The maximum absolute atomic E-state index is 12.9. The zero-order chi connectivity index (χ0) is 18.6. The Morgan fingerprint density at radius 2 is 1.81 bits per heavy atom. The summed E-state index contributed by atoms with van der Waals surface area (Å²) in [6.45, 7) is 1.04. The lowest BCUT2D eigenvalue weighted by molar-refractivity contribution is -0.122. The highest BCUT2D eigenvalue weighted by Gasteiger charge is 2.34. The summed E-state index contributed by atoms with van der Waals surface area (Å²) in [5.41, 5.74) is 2.82. The van der Waals surface area contributed by atoms with E-state index in [1.54, 1.807) is 11.3 Å². The fraction of sp³-hybridized carbons (Fsp3) is 0.182. The van der Waals surface area contributed by atoms with Crippen LogP contribution in [0.4, 0.5) is 0 Å². The number of carbonyl (C=O) groups is 2. The van der Waals surface area contributed by atoms with Gasteiger partial charge in [0.2, 0.25) is 5.91 Å². The molecular weight excluding hydrogens is 356 g/mol. The van der Waals surface area contributed by atoms with Crippen molar-refractivity contribution in [2.24, 2.45) is 0 Å². The first-order valence-electron chi connectivity index (χ1n) is 8.95. The highest BCUT2D eigenvalue weighted by molar-refractivity contribution is 7.10. The van der Waals surface area contributed by atoms with Gasteiger partial charge in [0, 0.05) is 23.5 Å². The van der Waals surface area contributed by atoms with E-state index in [1.807, 2.05) is 77.0 Å². The lowest BCUT2D eigenvalue weighted by atomic mass is 10.1. The molecule has 2 heterocycles. The summed E-state index contributed by atoms with van der Waals surface area (Å²) in [7, 11) is 0. The molecule has 27 heavy (non-hydrogen) atoms. The van der Waals surface area contributed by atoms with Crippen LogP contribution >= 0.6 is 11.3 Å². The molecule has 1 N–H and O–H groups in total. The van der Waals surface area contributed by atoms with E-state index in [2.05, 4.69) is 5.32 Å². The summed E-state index contributed by atoms with van der Waals surface area (Å²) in [6.07, 6.45) is 0.257. The molecule has 1 atom stereocenters. The van der Waals surface area contributed by atoms with Crippen molar-refractivity contribution in [2.75, 3.05) is 0 Å². The summed E-state index contributed by atoms with van der Waals surface area (Å²) in [5, 5.41) is 4.96. The standard InChI is InChI=1S/C22H20N2O2S/c25-21(23-14-16-7-2-1-3-8-16)13-19(20-11-6-12-27-20)24-15-17-9-4-5-10-18(17)22(24)26/h1-12,19H,13-15H2,(H,23,25). The van der Waals surface area contributed by atoms with Crippen molar-refractivity contribution in [3.8, 4) is 0 Å². The Hall–Kier alpha value is -2.92. The van der Waals surface area contributed by atoms with Crippen LogP contribution in [0.1, 0.15) is 38.8 Å². The van der Waals surface area contributed by atoms with E-state index < -0.39 is 0 Å². The second kappa shape index (κ2) is 7.76. The van der Waals surface area contributed by atoms with Crippen LogP contribution in [0.15, 0.2) is 72.1 Å². The van der Waals surface area contributed by atoms with Gasteiger partial charge in [0.15, 0.2) is 0 Å². The maximum atomic E-state index is 12.9. The lowest BCUT2D eigenvalue weighted by Gasteiger charge is -2.26. The van der Waals surface area contributed by atoms with Crippen LogP contribution in [0.25, 0.3) is 0 Å². The number of thiophene rings is 1. The van der Waals surface area contributed by atoms with Gasteiger partial charge in [0.25, 0.3) is 5.91 Å². The van der Waals surface area contributed by atoms with Crippen LogP contribution in [-0.4, -0.2) is 16.7 Å². The molecule has 0 spiro atoms. The number of nitrogens with one attached hydrogen (secondary N) is 1. The van der Waals surface area contributed by atoms with Crippen LogP contribution in [0, 0.1) is 0 Å². The van der Waals surface area contributed by atoms with E-state index >= 15 is 0 Å². The second-order valence-corrected chi connectivity index (χ2v) is 7.57. The van der Waals surface area contributed by atoms with Gasteiger partial charge in [-0.25, -0.2) is 0 Å². The van der Waals surface area contributed by atoms with Crippen molar-refractivity contribution in [1.29, 1.82) is 0 Å². The summed E-state index contributed by atoms with van der Waals surface area (Å²) in [4.78, 5) is 28.4. The molecule has 1 aliphatic heterocycles. The molecular formula is C22H20N2O2S. The van der Waals surface area contributed by atoms with E-state index in [0.717, 1.165) is 21.6 Å². The van der Waals surface area contributed by atoms with Crippen LogP contribution in [0.2, 0.25) is 0 Å². The first-order chi connectivity index (χ1) is 13.2. The first-order valence-corrected chi connectivity index (χ1v) is 9.83. The topological polar surface area (TPSA) is 49.4 Å². The van der Waals surface area contributed by atoms with Crippen molar-refractivity contribution in [1.82, 2.24) is 10.2 Å². The van der Waals surface area contributed by atoms with Gasteiger partial charge in [-0.15, -0.1) is 11.3 Å². The number of fused-ring (bicyclic) bond motifs is 1. The number of hydrogen-bond acceptors (Lipinski definition) is 3. The van der Waals surface area contributed by atoms with Crippen molar-refractivity contribution in [2.45, 2.75) is 25.6 Å². The maximum Gasteiger partial charge on any atom is 0.255 e. The Bertz CT molecular complexity index is 938. The van der Waals surface area contributed by atoms with Gasteiger partial charge in [-0.3, -0.25) is 9.59 Å². The van der Waals surface area contributed by atoms with E-state index in [0.29, 0.717) is 13.1 Å². The number of amides is 2. The van der Waals surface area contributed by atoms with Gasteiger partial charge >= 0.3 is 0 Å². The Kier molecular flexibility index (Phi) is 5.03. The Morgan fingerprint density at radius 3 is 2.56 bits per heavy atom.